The molecule has 3 heterocycles. The highest BCUT2D eigenvalue weighted by Gasteiger charge is 2.34. The monoisotopic (exact) mass is 696 g/mol. The van der Waals surface area contributed by atoms with Crippen LogP contribution in [0.15, 0.2) is 88.4 Å². The predicted octanol–water partition coefficient (Wildman–Crippen LogP) is 6.37. The second-order valence-corrected chi connectivity index (χ2v) is 13.2. The number of thiophene rings is 1. The fourth-order valence-electron chi connectivity index (χ4n) is 5.52. The molecule has 2 amide bonds. The molecule has 0 radical (unpaired) electrons. The van der Waals surface area contributed by atoms with Crippen LogP contribution in [-0.4, -0.2) is 64.4 Å². The Labute approximate surface area is 292 Å². The zero-order chi connectivity index (χ0) is 34.5. The van der Waals surface area contributed by atoms with Crippen molar-refractivity contribution in [2.75, 3.05) is 27.1 Å². The maximum absolute atomic E-state index is 13.9. The number of amides is 2. The van der Waals surface area contributed by atoms with Gasteiger partial charge in [-0.05, 0) is 72.3 Å². The van der Waals surface area contributed by atoms with Gasteiger partial charge in [0.1, 0.15) is 17.2 Å². The molecular weight excluding hydrogens is 661 g/mol. The number of aromatic nitrogens is 3. The van der Waals surface area contributed by atoms with E-state index < -0.39 is 0 Å². The lowest BCUT2D eigenvalue weighted by Crippen LogP contribution is -2.28. The Hall–Kier alpha value is -5.14. The molecule has 1 aliphatic heterocycles. The lowest BCUT2D eigenvalue weighted by atomic mass is 10.0. The van der Waals surface area contributed by atoms with Crippen LogP contribution in [-0.2, 0) is 11.3 Å². The smallest absolute Gasteiger partial charge is 0.253 e. The summed E-state index contributed by atoms with van der Waals surface area (Å²) >= 11 is 2.88. The quantitative estimate of drug-likeness (QED) is 0.150. The molecule has 0 spiro atoms. The molecule has 1 aliphatic rings. The van der Waals surface area contributed by atoms with Gasteiger partial charge in [-0.15, -0.1) is 21.5 Å². The van der Waals surface area contributed by atoms with Crippen molar-refractivity contribution in [3.63, 3.8) is 0 Å². The van der Waals surface area contributed by atoms with Gasteiger partial charge in [0.15, 0.2) is 11.0 Å². The van der Waals surface area contributed by atoms with E-state index in [2.05, 4.69) is 15.5 Å². The lowest BCUT2D eigenvalue weighted by molar-refractivity contribution is -0.130. The first-order chi connectivity index (χ1) is 23.8. The second-order valence-electron chi connectivity index (χ2n) is 11.4. The first-order valence-corrected chi connectivity index (χ1v) is 17.4. The van der Waals surface area contributed by atoms with Gasteiger partial charge in [0.2, 0.25) is 0 Å². The van der Waals surface area contributed by atoms with Crippen LogP contribution in [0.5, 0.6) is 17.2 Å². The number of carbonyl (C=O) groups excluding carboxylic acids is 2. The maximum atomic E-state index is 13.9. The molecule has 1 N–H and O–H groups in total. The van der Waals surface area contributed by atoms with Gasteiger partial charge < -0.3 is 19.5 Å². The Morgan fingerprint density at radius 3 is 2.33 bits per heavy atom. The van der Waals surface area contributed by atoms with Gasteiger partial charge in [-0.3, -0.25) is 14.2 Å². The summed E-state index contributed by atoms with van der Waals surface area (Å²) < 4.78 is 17.9. The van der Waals surface area contributed by atoms with E-state index in [1.54, 1.807) is 41.7 Å². The number of nitrogens with zero attached hydrogens (tertiary/aromatic N) is 5. The largest absolute Gasteiger partial charge is 0.497 e. The van der Waals surface area contributed by atoms with Crippen molar-refractivity contribution in [1.29, 1.82) is 0 Å². The maximum Gasteiger partial charge on any atom is 0.253 e. The average molecular weight is 697 g/mol. The van der Waals surface area contributed by atoms with Crippen LogP contribution in [0.2, 0.25) is 0 Å². The molecule has 252 valence electrons. The van der Waals surface area contributed by atoms with Crippen LogP contribution in [0.25, 0.3) is 5.69 Å². The Balaban J connectivity index is 1.26. The number of nitrogens with one attached hydrogen (secondary N) is 1. The topological polar surface area (TPSA) is 120 Å². The van der Waals surface area contributed by atoms with Crippen LogP contribution in [0, 0.1) is 13.8 Å². The van der Waals surface area contributed by atoms with Crippen molar-refractivity contribution in [1.82, 2.24) is 25.1 Å². The number of hydrazone groups is 1. The van der Waals surface area contributed by atoms with E-state index in [0.717, 1.165) is 38.7 Å². The minimum Gasteiger partial charge on any atom is -0.497 e. The van der Waals surface area contributed by atoms with Crippen molar-refractivity contribution in [2.45, 2.75) is 38.0 Å². The summed E-state index contributed by atoms with van der Waals surface area (Å²) in [6.45, 7) is 4.11. The van der Waals surface area contributed by atoms with Crippen molar-refractivity contribution in [3.8, 4) is 22.9 Å². The number of hydrogen-bond donors (Lipinski definition) is 1. The second kappa shape index (κ2) is 15.0. The SMILES string of the molecule is COc1ccc([C@@H]2CC(c3cccs3)=NN2C(=O)CSc2nnc(CNC(=O)c3cc(OC)cc(OC)c3)n2-c2cc(C)ccc2C)cc1. The fraction of sp³-hybridized carbons (Fsp3) is 0.250. The van der Waals surface area contributed by atoms with E-state index in [-0.39, 0.29) is 30.2 Å². The van der Waals surface area contributed by atoms with E-state index in [0.29, 0.717) is 34.5 Å². The molecule has 0 bridgehead atoms. The summed E-state index contributed by atoms with van der Waals surface area (Å²) in [7, 11) is 4.69. The number of aryl methyl sites for hydroxylation is 2. The van der Waals surface area contributed by atoms with Gasteiger partial charge in [0, 0.05) is 18.1 Å². The zero-order valence-corrected chi connectivity index (χ0v) is 29.4. The van der Waals surface area contributed by atoms with Crippen molar-refractivity contribution < 1.29 is 23.8 Å². The normalized spacial score (nSPS) is 14.0. The highest BCUT2D eigenvalue weighted by Crippen LogP contribution is 2.36. The van der Waals surface area contributed by atoms with Gasteiger partial charge >= 0.3 is 0 Å². The summed E-state index contributed by atoms with van der Waals surface area (Å²) in [6, 6.07) is 22.6. The van der Waals surface area contributed by atoms with E-state index >= 15 is 0 Å². The number of thioether (sulfide) groups is 1. The van der Waals surface area contributed by atoms with Crippen molar-refractivity contribution in [3.05, 3.63) is 111 Å². The molecule has 0 unspecified atom stereocenters. The molecule has 0 fully saturated rings. The Kier molecular flexibility index (Phi) is 10.3. The molecule has 13 heteroatoms. The van der Waals surface area contributed by atoms with E-state index in [9.17, 15) is 9.59 Å². The molecule has 5 aromatic rings. The molecule has 6 rings (SSSR count). The van der Waals surface area contributed by atoms with Crippen LogP contribution in [0.3, 0.4) is 0 Å². The molecule has 0 saturated carbocycles. The Morgan fingerprint density at radius 2 is 1.65 bits per heavy atom. The molecule has 2 aromatic heterocycles. The highest BCUT2D eigenvalue weighted by molar-refractivity contribution is 7.99. The van der Waals surface area contributed by atoms with Gasteiger partial charge in [-0.2, -0.15) is 5.10 Å². The van der Waals surface area contributed by atoms with Gasteiger partial charge in [0.05, 0.1) is 55.9 Å². The number of ether oxygens (including phenoxy) is 3. The first-order valence-electron chi connectivity index (χ1n) is 15.5. The minimum atomic E-state index is -0.324. The molecule has 0 aliphatic carbocycles. The number of rotatable bonds is 12. The Bertz CT molecular complexity index is 1970. The minimum absolute atomic E-state index is 0.0762. The average Bonchev–Trinajstić information content (AvgIpc) is 3.91. The van der Waals surface area contributed by atoms with E-state index in [1.807, 2.05) is 78.4 Å². The first kappa shape index (κ1) is 33.7. The lowest BCUT2D eigenvalue weighted by Gasteiger charge is -2.22. The highest BCUT2D eigenvalue weighted by atomic mass is 32.2. The van der Waals surface area contributed by atoms with Crippen molar-refractivity contribution in [2.24, 2.45) is 5.10 Å². The molecule has 0 saturated heterocycles. The third kappa shape index (κ3) is 7.47. The number of methoxy groups -OCH3 is 3. The zero-order valence-electron chi connectivity index (χ0n) is 27.8. The molecule has 49 heavy (non-hydrogen) atoms. The standard InChI is InChI=1S/C36H36N6O5S2/c1-22-8-9-23(2)30(15-22)41-33(20-37-35(44)25-16-27(46-4)18-28(17-25)47-5)38-39-36(41)49-21-34(43)42-31(24-10-12-26(45-3)13-11-24)19-29(40-42)32-7-6-14-48-32/h6-18,31H,19-21H2,1-5H3,(H,37,44)/t31-/m0/s1. The summed E-state index contributed by atoms with van der Waals surface area (Å²) in [5.41, 5.74) is 5.14. The third-order valence-corrected chi connectivity index (χ3v) is 9.96. The Morgan fingerprint density at radius 1 is 0.918 bits per heavy atom. The van der Waals surface area contributed by atoms with Gasteiger partial charge in [-0.25, -0.2) is 5.01 Å². The number of carbonyl (C=O) groups is 2. The van der Waals surface area contributed by atoms with E-state index in [4.69, 9.17) is 19.3 Å². The summed E-state index contributed by atoms with van der Waals surface area (Å²) in [4.78, 5) is 28.2. The molecule has 1 atom stereocenters. The van der Waals surface area contributed by atoms with Gasteiger partial charge in [0.25, 0.3) is 11.8 Å². The number of hydrogen-bond acceptors (Lipinski definition) is 10. The van der Waals surface area contributed by atoms with Crippen LogP contribution >= 0.6 is 23.1 Å². The number of benzene rings is 3. The summed E-state index contributed by atoms with van der Waals surface area (Å²) in [5, 5.41) is 20.8. The fourth-order valence-corrected chi connectivity index (χ4v) is 7.06. The molecular formula is C36H36N6O5S2. The van der Waals surface area contributed by atoms with Crippen LogP contribution < -0.4 is 19.5 Å². The van der Waals surface area contributed by atoms with Gasteiger partial charge in [-0.1, -0.05) is 42.1 Å². The van der Waals surface area contributed by atoms with Crippen LogP contribution in [0.4, 0.5) is 0 Å². The third-order valence-electron chi connectivity index (χ3n) is 8.12. The predicted molar refractivity (Wildman–Crippen MR) is 190 cm³/mol. The van der Waals surface area contributed by atoms with E-state index in [1.165, 1.54) is 26.0 Å². The summed E-state index contributed by atoms with van der Waals surface area (Å²) in [5.74, 6) is 1.87. The van der Waals surface area contributed by atoms with Crippen LogP contribution in [0.1, 0.15) is 50.2 Å². The summed E-state index contributed by atoms with van der Waals surface area (Å²) in [6.07, 6.45) is 0.602. The molecule has 11 nitrogen and oxygen atoms in total. The molecule has 3 aromatic carbocycles. The van der Waals surface area contributed by atoms with Crippen molar-refractivity contribution >= 4 is 40.6 Å².